The second kappa shape index (κ2) is 5.56. The van der Waals surface area contributed by atoms with Gasteiger partial charge in [-0.2, -0.15) is 0 Å². The van der Waals surface area contributed by atoms with E-state index in [2.05, 4.69) is 11.4 Å². The number of hydrogen-bond acceptors (Lipinski definition) is 2. The quantitative estimate of drug-likeness (QED) is 0.938. The minimum absolute atomic E-state index is 0.0317. The fourth-order valence-corrected chi connectivity index (χ4v) is 2.66. The Kier molecular flexibility index (Phi) is 3.60. The Morgan fingerprint density at radius 2 is 1.90 bits per heavy atom. The van der Waals surface area contributed by atoms with Crippen molar-refractivity contribution in [1.29, 1.82) is 0 Å². The molecule has 1 atom stereocenters. The van der Waals surface area contributed by atoms with Crippen LogP contribution in [-0.2, 0) is 11.2 Å². The van der Waals surface area contributed by atoms with Crippen molar-refractivity contribution < 1.29 is 9.18 Å². The SMILES string of the molecule is CC(Nc1ccc(F)cc1)C(=O)N1CCc2ccccc21. The highest BCUT2D eigenvalue weighted by Crippen LogP contribution is 2.28. The van der Waals surface area contributed by atoms with Gasteiger partial charge in [0.2, 0.25) is 5.91 Å². The first-order valence-corrected chi connectivity index (χ1v) is 7.06. The van der Waals surface area contributed by atoms with Crippen molar-refractivity contribution >= 4 is 17.3 Å². The molecule has 0 saturated heterocycles. The van der Waals surface area contributed by atoms with Gasteiger partial charge in [-0.15, -0.1) is 0 Å². The summed E-state index contributed by atoms with van der Waals surface area (Å²) in [5.41, 5.74) is 2.94. The molecule has 0 fully saturated rings. The largest absolute Gasteiger partial charge is 0.374 e. The third-order valence-corrected chi connectivity index (χ3v) is 3.75. The molecule has 21 heavy (non-hydrogen) atoms. The zero-order valence-corrected chi connectivity index (χ0v) is 11.8. The maximum absolute atomic E-state index is 12.9. The Hall–Kier alpha value is -2.36. The van der Waals surface area contributed by atoms with Gasteiger partial charge in [-0.05, 0) is 49.2 Å². The van der Waals surface area contributed by atoms with Gasteiger partial charge in [-0.25, -0.2) is 4.39 Å². The molecule has 1 heterocycles. The molecule has 1 amide bonds. The van der Waals surface area contributed by atoms with Gasteiger partial charge in [-0.1, -0.05) is 18.2 Å². The number of anilines is 2. The molecule has 2 aromatic rings. The van der Waals surface area contributed by atoms with Gasteiger partial charge in [0, 0.05) is 17.9 Å². The van der Waals surface area contributed by atoms with Gasteiger partial charge in [0.05, 0.1) is 0 Å². The van der Waals surface area contributed by atoms with Crippen molar-refractivity contribution in [2.24, 2.45) is 0 Å². The zero-order chi connectivity index (χ0) is 14.8. The minimum atomic E-state index is -0.360. The maximum Gasteiger partial charge on any atom is 0.249 e. The van der Waals surface area contributed by atoms with Crippen LogP contribution in [0.3, 0.4) is 0 Å². The van der Waals surface area contributed by atoms with E-state index < -0.39 is 0 Å². The van der Waals surface area contributed by atoms with Crippen LogP contribution in [0, 0.1) is 5.82 Å². The number of nitrogens with one attached hydrogen (secondary N) is 1. The summed E-state index contributed by atoms with van der Waals surface area (Å²) in [7, 11) is 0. The molecule has 0 aliphatic carbocycles. The zero-order valence-electron chi connectivity index (χ0n) is 11.8. The van der Waals surface area contributed by atoms with E-state index in [0.717, 1.165) is 17.8 Å². The number of benzene rings is 2. The summed E-state index contributed by atoms with van der Waals surface area (Å²) in [6.07, 6.45) is 0.894. The Balaban J connectivity index is 1.72. The molecule has 0 saturated carbocycles. The summed E-state index contributed by atoms with van der Waals surface area (Å²) in [5, 5.41) is 3.12. The smallest absolute Gasteiger partial charge is 0.249 e. The lowest BCUT2D eigenvalue weighted by Gasteiger charge is -2.23. The molecule has 3 rings (SSSR count). The Bertz CT molecular complexity index is 654. The number of rotatable bonds is 3. The summed E-state index contributed by atoms with van der Waals surface area (Å²) in [4.78, 5) is 14.4. The van der Waals surface area contributed by atoms with Crippen LogP contribution in [0.1, 0.15) is 12.5 Å². The Morgan fingerprint density at radius 3 is 2.67 bits per heavy atom. The van der Waals surface area contributed by atoms with E-state index >= 15 is 0 Å². The predicted molar refractivity (Wildman–Crippen MR) is 82.0 cm³/mol. The van der Waals surface area contributed by atoms with Gasteiger partial charge in [-0.3, -0.25) is 4.79 Å². The lowest BCUT2D eigenvalue weighted by Crippen LogP contribution is -2.40. The molecular weight excluding hydrogens is 267 g/mol. The number of halogens is 1. The molecule has 0 bridgehead atoms. The topological polar surface area (TPSA) is 32.3 Å². The average molecular weight is 284 g/mol. The third-order valence-electron chi connectivity index (χ3n) is 3.75. The normalized spacial score (nSPS) is 14.7. The van der Waals surface area contributed by atoms with Crippen LogP contribution >= 0.6 is 0 Å². The fraction of sp³-hybridized carbons (Fsp3) is 0.235. The van der Waals surface area contributed by atoms with Gasteiger partial charge in [0.15, 0.2) is 0 Å². The number of nitrogens with zero attached hydrogens (tertiary/aromatic N) is 1. The Labute approximate surface area is 123 Å². The number of fused-ring (bicyclic) bond motifs is 1. The molecule has 4 heteroatoms. The maximum atomic E-state index is 12.9. The standard InChI is InChI=1S/C17H17FN2O/c1-12(19-15-8-6-14(18)7-9-15)17(21)20-11-10-13-4-2-3-5-16(13)20/h2-9,12,19H,10-11H2,1H3. The Morgan fingerprint density at radius 1 is 1.19 bits per heavy atom. The van der Waals surface area contributed by atoms with Crippen LogP contribution in [0.5, 0.6) is 0 Å². The van der Waals surface area contributed by atoms with Crippen molar-refractivity contribution in [2.45, 2.75) is 19.4 Å². The number of amides is 1. The molecule has 108 valence electrons. The van der Waals surface area contributed by atoms with E-state index in [1.807, 2.05) is 30.0 Å². The fourth-order valence-electron chi connectivity index (χ4n) is 2.66. The van der Waals surface area contributed by atoms with E-state index in [4.69, 9.17) is 0 Å². The van der Waals surface area contributed by atoms with E-state index in [1.165, 1.54) is 17.7 Å². The molecule has 0 radical (unpaired) electrons. The predicted octanol–water partition coefficient (Wildman–Crippen LogP) is 3.22. The van der Waals surface area contributed by atoms with Crippen LogP contribution in [0.4, 0.5) is 15.8 Å². The number of hydrogen-bond donors (Lipinski definition) is 1. The number of carbonyl (C=O) groups excluding carboxylic acids is 1. The summed E-state index contributed by atoms with van der Waals surface area (Å²) in [6, 6.07) is 13.6. The molecule has 0 aromatic heterocycles. The van der Waals surface area contributed by atoms with Crippen molar-refractivity contribution in [2.75, 3.05) is 16.8 Å². The lowest BCUT2D eigenvalue weighted by atomic mass is 10.2. The van der Waals surface area contributed by atoms with Gasteiger partial charge in [0.25, 0.3) is 0 Å². The van der Waals surface area contributed by atoms with Crippen molar-refractivity contribution in [3.8, 4) is 0 Å². The van der Waals surface area contributed by atoms with Crippen LogP contribution in [-0.4, -0.2) is 18.5 Å². The summed E-state index contributed by atoms with van der Waals surface area (Å²) in [6.45, 7) is 2.54. The summed E-state index contributed by atoms with van der Waals surface area (Å²) >= 11 is 0. The van der Waals surface area contributed by atoms with Gasteiger partial charge in [0.1, 0.15) is 11.9 Å². The molecule has 2 aromatic carbocycles. The second-order valence-electron chi connectivity index (χ2n) is 5.24. The van der Waals surface area contributed by atoms with Crippen molar-refractivity contribution in [1.82, 2.24) is 0 Å². The summed E-state index contributed by atoms with van der Waals surface area (Å²) in [5.74, 6) is -0.253. The van der Waals surface area contributed by atoms with E-state index in [0.29, 0.717) is 6.54 Å². The van der Waals surface area contributed by atoms with Crippen LogP contribution in [0.25, 0.3) is 0 Å². The van der Waals surface area contributed by atoms with Gasteiger partial charge < -0.3 is 10.2 Å². The minimum Gasteiger partial charge on any atom is -0.374 e. The molecule has 1 aliphatic rings. The molecular formula is C17H17FN2O. The highest BCUT2D eigenvalue weighted by Gasteiger charge is 2.27. The molecule has 1 N–H and O–H groups in total. The molecule has 0 spiro atoms. The van der Waals surface area contributed by atoms with Crippen LogP contribution in [0.15, 0.2) is 48.5 Å². The van der Waals surface area contributed by atoms with E-state index in [1.54, 1.807) is 12.1 Å². The summed E-state index contributed by atoms with van der Waals surface area (Å²) < 4.78 is 12.9. The first kappa shape index (κ1) is 13.6. The monoisotopic (exact) mass is 284 g/mol. The number of para-hydroxylation sites is 1. The van der Waals surface area contributed by atoms with Crippen molar-refractivity contribution in [3.05, 3.63) is 59.9 Å². The highest BCUT2D eigenvalue weighted by atomic mass is 19.1. The second-order valence-corrected chi connectivity index (χ2v) is 5.24. The highest BCUT2D eigenvalue weighted by molar-refractivity contribution is 6.00. The molecule has 3 nitrogen and oxygen atoms in total. The van der Waals surface area contributed by atoms with Gasteiger partial charge >= 0.3 is 0 Å². The lowest BCUT2D eigenvalue weighted by molar-refractivity contribution is -0.118. The van der Waals surface area contributed by atoms with E-state index in [-0.39, 0.29) is 17.8 Å². The third kappa shape index (κ3) is 2.75. The average Bonchev–Trinajstić information content (AvgIpc) is 2.92. The number of carbonyl (C=O) groups is 1. The first-order valence-electron chi connectivity index (χ1n) is 7.06. The molecule has 1 aliphatic heterocycles. The molecule has 1 unspecified atom stereocenters. The van der Waals surface area contributed by atoms with E-state index in [9.17, 15) is 9.18 Å². The first-order chi connectivity index (χ1) is 10.1. The van der Waals surface area contributed by atoms with Crippen LogP contribution < -0.4 is 10.2 Å². The van der Waals surface area contributed by atoms with Crippen molar-refractivity contribution in [3.63, 3.8) is 0 Å². The van der Waals surface area contributed by atoms with Crippen LogP contribution in [0.2, 0.25) is 0 Å².